The third kappa shape index (κ3) is 3.80. The first-order valence-electron chi connectivity index (χ1n) is 6.69. The van der Waals surface area contributed by atoms with Gasteiger partial charge < -0.3 is 4.74 Å². The number of carbonyl (C=O) groups excluding carboxylic acids is 1. The molecule has 0 aliphatic carbocycles. The van der Waals surface area contributed by atoms with Crippen LogP contribution in [-0.2, 0) is 11.3 Å². The molecule has 19 heavy (non-hydrogen) atoms. The van der Waals surface area contributed by atoms with E-state index in [1.54, 1.807) is 0 Å². The first-order chi connectivity index (χ1) is 9.10. The molecule has 1 aliphatic rings. The van der Waals surface area contributed by atoms with Crippen LogP contribution >= 0.6 is 15.9 Å². The maximum atomic E-state index is 11.5. The summed E-state index contributed by atoms with van der Waals surface area (Å²) in [5, 5.41) is 0. The number of rotatable bonds is 3. The average molecular weight is 326 g/mol. The van der Waals surface area contributed by atoms with Crippen LogP contribution in [0.1, 0.15) is 35.7 Å². The molecule has 1 fully saturated rings. The largest absolute Gasteiger partial charge is 0.465 e. The summed E-state index contributed by atoms with van der Waals surface area (Å²) in [5.74, 6) is 0.487. The van der Waals surface area contributed by atoms with Crippen molar-refractivity contribution in [1.82, 2.24) is 4.90 Å². The molecule has 4 heteroatoms. The van der Waals surface area contributed by atoms with Crippen LogP contribution in [0, 0.1) is 5.92 Å². The quantitative estimate of drug-likeness (QED) is 0.797. The highest BCUT2D eigenvalue weighted by Crippen LogP contribution is 2.23. The van der Waals surface area contributed by atoms with E-state index in [9.17, 15) is 4.79 Å². The van der Waals surface area contributed by atoms with Gasteiger partial charge in [-0.15, -0.1) is 0 Å². The lowest BCUT2D eigenvalue weighted by molar-refractivity contribution is 0.0600. The molecule has 1 saturated heterocycles. The van der Waals surface area contributed by atoms with Crippen LogP contribution in [0.4, 0.5) is 0 Å². The first kappa shape index (κ1) is 14.5. The molecule has 1 atom stereocenters. The third-order valence-electron chi connectivity index (χ3n) is 3.61. The Kier molecular flexibility index (Phi) is 4.99. The molecule has 0 spiro atoms. The molecular formula is C15H20BrNO2. The highest BCUT2D eigenvalue weighted by Gasteiger charge is 2.17. The molecule has 1 unspecified atom stereocenters. The molecule has 0 aromatic heterocycles. The molecule has 0 saturated carbocycles. The van der Waals surface area contributed by atoms with Gasteiger partial charge in [0.15, 0.2) is 0 Å². The van der Waals surface area contributed by atoms with Gasteiger partial charge in [-0.1, -0.05) is 28.9 Å². The van der Waals surface area contributed by atoms with Crippen LogP contribution in [0.5, 0.6) is 0 Å². The number of hydrogen-bond acceptors (Lipinski definition) is 3. The van der Waals surface area contributed by atoms with Crippen molar-refractivity contribution in [1.29, 1.82) is 0 Å². The maximum absolute atomic E-state index is 11.5. The SMILES string of the molecule is COC(=O)c1ccc(CN2CCCC(C)C2)c(Br)c1. The maximum Gasteiger partial charge on any atom is 0.337 e. The fourth-order valence-corrected chi connectivity index (χ4v) is 3.10. The van der Waals surface area contributed by atoms with Gasteiger partial charge in [0, 0.05) is 17.6 Å². The fourth-order valence-electron chi connectivity index (χ4n) is 2.59. The van der Waals surface area contributed by atoms with Crippen LogP contribution in [0.3, 0.4) is 0 Å². The van der Waals surface area contributed by atoms with Gasteiger partial charge in [-0.3, -0.25) is 4.90 Å². The second-order valence-corrected chi connectivity index (χ2v) is 6.13. The molecule has 1 aromatic carbocycles. The van der Waals surface area contributed by atoms with Crippen molar-refractivity contribution in [3.63, 3.8) is 0 Å². The molecule has 3 nitrogen and oxygen atoms in total. The van der Waals surface area contributed by atoms with Gasteiger partial charge in [-0.25, -0.2) is 4.79 Å². The van der Waals surface area contributed by atoms with Crippen LogP contribution in [-0.4, -0.2) is 31.1 Å². The Morgan fingerprint density at radius 2 is 2.32 bits per heavy atom. The van der Waals surface area contributed by atoms with E-state index >= 15 is 0 Å². The molecule has 2 rings (SSSR count). The van der Waals surface area contributed by atoms with E-state index in [0.717, 1.165) is 30.0 Å². The summed E-state index contributed by atoms with van der Waals surface area (Å²) in [4.78, 5) is 13.9. The molecule has 1 aromatic rings. The number of piperidine rings is 1. The highest BCUT2D eigenvalue weighted by atomic mass is 79.9. The zero-order chi connectivity index (χ0) is 13.8. The molecule has 104 valence electrons. The molecule has 0 N–H and O–H groups in total. The van der Waals surface area contributed by atoms with Gasteiger partial charge in [0.05, 0.1) is 12.7 Å². The summed E-state index contributed by atoms with van der Waals surface area (Å²) in [6.07, 6.45) is 2.61. The Labute approximate surface area is 123 Å². The smallest absolute Gasteiger partial charge is 0.337 e. The van der Waals surface area contributed by atoms with Crippen LogP contribution in [0.2, 0.25) is 0 Å². The molecule has 0 bridgehead atoms. The van der Waals surface area contributed by atoms with Crippen molar-refractivity contribution in [3.8, 4) is 0 Å². The Morgan fingerprint density at radius 3 is 2.95 bits per heavy atom. The number of halogens is 1. The van der Waals surface area contributed by atoms with Gasteiger partial charge in [0.1, 0.15) is 0 Å². The number of ether oxygens (including phenoxy) is 1. The minimum absolute atomic E-state index is 0.293. The normalized spacial score (nSPS) is 20.3. The Balaban J connectivity index is 2.06. The monoisotopic (exact) mass is 325 g/mol. The summed E-state index contributed by atoms with van der Waals surface area (Å²) in [6.45, 7) is 5.56. The van der Waals surface area contributed by atoms with Crippen LogP contribution in [0.15, 0.2) is 22.7 Å². The summed E-state index contributed by atoms with van der Waals surface area (Å²) in [7, 11) is 1.40. The van der Waals surface area contributed by atoms with E-state index in [2.05, 4.69) is 27.8 Å². The van der Waals surface area contributed by atoms with Crippen molar-refractivity contribution in [2.75, 3.05) is 20.2 Å². The Morgan fingerprint density at radius 1 is 1.53 bits per heavy atom. The van der Waals surface area contributed by atoms with Gasteiger partial charge in [-0.2, -0.15) is 0 Å². The minimum atomic E-state index is -0.293. The third-order valence-corrected chi connectivity index (χ3v) is 4.35. The van der Waals surface area contributed by atoms with Gasteiger partial charge in [0.2, 0.25) is 0 Å². The second-order valence-electron chi connectivity index (χ2n) is 5.28. The number of methoxy groups -OCH3 is 1. The Hall–Kier alpha value is -0.870. The standard InChI is InChI=1S/C15H20BrNO2/c1-11-4-3-7-17(9-11)10-13-6-5-12(8-14(13)16)15(18)19-2/h5-6,8,11H,3-4,7,9-10H2,1-2H3. The van der Waals surface area contributed by atoms with E-state index in [1.807, 2.05) is 18.2 Å². The lowest BCUT2D eigenvalue weighted by atomic mass is 9.99. The fraction of sp³-hybridized carbons (Fsp3) is 0.533. The number of hydrogen-bond donors (Lipinski definition) is 0. The van der Waals surface area contributed by atoms with E-state index in [1.165, 1.54) is 25.5 Å². The van der Waals surface area contributed by atoms with Crippen LogP contribution < -0.4 is 0 Å². The van der Waals surface area contributed by atoms with Gasteiger partial charge in [-0.05, 0) is 43.0 Å². The highest BCUT2D eigenvalue weighted by molar-refractivity contribution is 9.10. The van der Waals surface area contributed by atoms with E-state index in [-0.39, 0.29) is 5.97 Å². The molecule has 1 heterocycles. The number of esters is 1. The second kappa shape index (κ2) is 6.53. The van der Waals surface area contributed by atoms with Crippen LogP contribution in [0.25, 0.3) is 0 Å². The number of carbonyl (C=O) groups is 1. The number of nitrogens with zero attached hydrogens (tertiary/aromatic N) is 1. The zero-order valence-electron chi connectivity index (χ0n) is 11.5. The summed E-state index contributed by atoms with van der Waals surface area (Å²) in [6, 6.07) is 5.68. The predicted octanol–water partition coefficient (Wildman–Crippen LogP) is 3.47. The van der Waals surface area contributed by atoms with Crippen molar-refractivity contribution in [3.05, 3.63) is 33.8 Å². The molecule has 0 radical (unpaired) electrons. The summed E-state index contributed by atoms with van der Waals surface area (Å²) >= 11 is 3.55. The average Bonchev–Trinajstić information content (AvgIpc) is 2.40. The van der Waals surface area contributed by atoms with Gasteiger partial charge in [0.25, 0.3) is 0 Å². The lowest BCUT2D eigenvalue weighted by Gasteiger charge is -2.31. The van der Waals surface area contributed by atoms with E-state index < -0.39 is 0 Å². The van der Waals surface area contributed by atoms with Crippen molar-refractivity contribution in [2.24, 2.45) is 5.92 Å². The van der Waals surface area contributed by atoms with E-state index in [0.29, 0.717) is 5.56 Å². The molecule has 0 amide bonds. The number of benzene rings is 1. The Bertz CT molecular complexity index is 461. The number of likely N-dealkylation sites (tertiary alicyclic amines) is 1. The minimum Gasteiger partial charge on any atom is -0.465 e. The predicted molar refractivity (Wildman–Crippen MR) is 79.2 cm³/mol. The topological polar surface area (TPSA) is 29.5 Å². The van der Waals surface area contributed by atoms with E-state index in [4.69, 9.17) is 4.74 Å². The van der Waals surface area contributed by atoms with Crippen molar-refractivity contribution < 1.29 is 9.53 Å². The van der Waals surface area contributed by atoms with Crippen molar-refractivity contribution in [2.45, 2.75) is 26.3 Å². The zero-order valence-corrected chi connectivity index (χ0v) is 13.1. The first-order valence-corrected chi connectivity index (χ1v) is 7.48. The molecular weight excluding hydrogens is 306 g/mol. The molecule has 1 aliphatic heterocycles. The van der Waals surface area contributed by atoms with Gasteiger partial charge >= 0.3 is 5.97 Å². The summed E-state index contributed by atoms with van der Waals surface area (Å²) < 4.78 is 5.71. The summed E-state index contributed by atoms with van der Waals surface area (Å²) in [5.41, 5.74) is 1.81. The van der Waals surface area contributed by atoms with Crippen molar-refractivity contribution >= 4 is 21.9 Å². The lowest BCUT2D eigenvalue weighted by Crippen LogP contribution is -2.33.